The molecule has 0 saturated carbocycles. The molecule has 1 aromatic heterocycles. The van der Waals surface area contributed by atoms with Crippen molar-refractivity contribution in [3.05, 3.63) is 11.7 Å². The maximum atomic E-state index is 5.71. The van der Waals surface area contributed by atoms with Crippen LogP contribution in [0, 0.1) is 5.92 Å². The monoisotopic (exact) mass is 238 g/mol. The second-order valence-corrected chi connectivity index (χ2v) is 5.04. The van der Waals surface area contributed by atoms with Gasteiger partial charge in [-0.25, -0.2) is 0 Å². The predicted molar refractivity (Wildman–Crippen MR) is 65.6 cm³/mol. The van der Waals surface area contributed by atoms with E-state index in [1.165, 1.54) is 13.0 Å². The average molecular weight is 238 g/mol. The Morgan fingerprint density at radius 2 is 2.41 bits per heavy atom. The van der Waals surface area contributed by atoms with Crippen molar-refractivity contribution in [1.82, 2.24) is 15.0 Å². The third-order valence-electron chi connectivity index (χ3n) is 3.30. The van der Waals surface area contributed by atoms with E-state index in [0.717, 1.165) is 31.2 Å². The molecule has 0 bridgehead atoms. The molecule has 2 rings (SSSR count). The van der Waals surface area contributed by atoms with Gasteiger partial charge in [0.05, 0.1) is 0 Å². The third kappa shape index (κ3) is 3.51. The molecule has 96 valence electrons. The van der Waals surface area contributed by atoms with Crippen molar-refractivity contribution in [2.75, 3.05) is 19.6 Å². The van der Waals surface area contributed by atoms with Gasteiger partial charge in [-0.15, -0.1) is 0 Å². The Morgan fingerprint density at radius 3 is 3.06 bits per heavy atom. The Bertz CT molecular complexity index is 350. The topological polar surface area (TPSA) is 68.2 Å². The van der Waals surface area contributed by atoms with Crippen LogP contribution in [0.5, 0.6) is 0 Å². The SMILES string of the molecule is CCN1CCC(Cc2nc(CC(C)N)no2)C1. The van der Waals surface area contributed by atoms with E-state index in [2.05, 4.69) is 22.0 Å². The van der Waals surface area contributed by atoms with Crippen molar-refractivity contribution in [1.29, 1.82) is 0 Å². The molecule has 17 heavy (non-hydrogen) atoms. The van der Waals surface area contributed by atoms with Gasteiger partial charge in [0.2, 0.25) is 5.89 Å². The summed E-state index contributed by atoms with van der Waals surface area (Å²) >= 11 is 0. The number of rotatable bonds is 5. The van der Waals surface area contributed by atoms with Crippen LogP contribution < -0.4 is 5.73 Å². The zero-order valence-electron chi connectivity index (χ0n) is 10.7. The number of hydrogen-bond acceptors (Lipinski definition) is 5. The highest BCUT2D eigenvalue weighted by atomic mass is 16.5. The van der Waals surface area contributed by atoms with Crippen molar-refractivity contribution >= 4 is 0 Å². The molecule has 2 heterocycles. The van der Waals surface area contributed by atoms with Gasteiger partial charge in [0, 0.05) is 25.4 Å². The minimum Gasteiger partial charge on any atom is -0.339 e. The molecule has 2 atom stereocenters. The van der Waals surface area contributed by atoms with Crippen LogP contribution in [-0.4, -0.2) is 40.7 Å². The highest BCUT2D eigenvalue weighted by Gasteiger charge is 2.23. The van der Waals surface area contributed by atoms with E-state index in [1.54, 1.807) is 0 Å². The molecular formula is C12H22N4O. The van der Waals surface area contributed by atoms with Crippen LogP contribution in [0.15, 0.2) is 4.52 Å². The van der Waals surface area contributed by atoms with Crippen molar-refractivity contribution in [3.8, 4) is 0 Å². The first kappa shape index (κ1) is 12.5. The summed E-state index contributed by atoms with van der Waals surface area (Å²) in [5, 5.41) is 3.96. The van der Waals surface area contributed by atoms with Crippen molar-refractivity contribution in [2.24, 2.45) is 11.7 Å². The van der Waals surface area contributed by atoms with Gasteiger partial charge < -0.3 is 15.2 Å². The van der Waals surface area contributed by atoms with Crippen LogP contribution in [0.4, 0.5) is 0 Å². The molecule has 2 unspecified atom stereocenters. The van der Waals surface area contributed by atoms with E-state index >= 15 is 0 Å². The Morgan fingerprint density at radius 1 is 1.59 bits per heavy atom. The lowest BCUT2D eigenvalue weighted by Crippen LogP contribution is -2.20. The quantitative estimate of drug-likeness (QED) is 0.823. The standard InChI is InChI=1S/C12H22N4O/c1-3-16-5-4-10(8-16)7-12-14-11(15-17-12)6-9(2)13/h9-10H,3-8,13H2,1-2H3. The van der Waals surface area contributed by atoms with Crippen molar-refractivity contribution < 1.29 is 4.52 Å². The first-order valence-electron chi connectivity index (χ1n) is 6.46. The summed E-state index contributed by atoms with van der Waals surface area (Å²) in [5.41, 5.74) is 5.71. The van der Waals surface area contributed by atoms with Gasteiger partial charge in [0.25, 0.3) is 0 Å². The molecule has 0 aliphatic carbocycles. The first-order chi connectivity index (χ1) is 8.17. The largest absolute Gasteiger partial charge is 0.339 e. The minimum absolute atomic E-state index is 0.0857. The van der Waals surface area contributed by atoms with Gasteiger partial charge >= 0.3 is 0 Å². The van der Waals surface area contributed by atoms with Crippen molar-refractivity contribution in [2.45, 2.75) is 39.2 Å². The first-order valence-corrected chi connectivity index (χ1v) is 6.46. The lowest BCUT2D eigenvalue weighted by atomic mass is 10.1. The number of hydrogen-bond donors (Lipinski definition) is 1. The van der Waals surface area contributed by atoms with Gasteiger partial charge in [-0.3, -0.25) is 0 Å². The molecule has 1 aliphatic heterocycles. The Hall–Kier alpha value is -0.940. The fourth-order valence-electron chi connectivity index (χ4n) is 2.36. The van der Waals surface area contributed by atoms with Gasteiger partial charge in [-0.05, 0) is 32.4 Å². The zero-order valence-corrected chi connectivity index (χ0v) is 10.7. The summed E-state index contributed by atoms with van der Waals surface area (Å²) in [6.07, 6.45) is 2.83. The molecule has 0 spiro atoms. The second kappa shape index (κ2) is 5.60. The van der Waals surface area contributed by atoms with Crippen LogP contribution in [0.2, 0.25) is 0 Å². The van der Waals surface area contributed by atoms with E-state index in [9.17, 15) is 0 Å². The van der Waals surface area contributed by atoms with E-state index in [0.29, 0.717) is 12.3 Å². The van der Waals surface area contributed by atoms with Gasteiger partial charge in [0.1, 0.15) is 0 Å². The summed E-state index contributed by atoms with van der Waals surface area (Å²) in [6, 6.07) is 0.0857. The van der Waals surface area contributed by atoms with Gasteiger partial charge in [-0.2, -0.15) is 4.98 Å². The van der Waals surface area contributed by atoms with Crippen LogP contribution in [0.1, 0.15) is 32.0 Å². The van der Waals surface area contributed by atoms with E-state index in [1.807, 2.05) is 6.92 Å². The number of nitrogens with zero attached hydrogens (tertiary/aromatic N) is 3. The van der Waals surface area contributed by atoms with E-state index < -0.39 is 0 Å². The molecule has 1 saturated heterocycles. The van der Waals surface area contributed by atoms with E-state index in [4.69, 9.17) is 10.3 Å². The Kier molecular flexibility index (Phi) is 4.12. The molecule has 5 heteroatoms. The summed E-state index contributed by atoms with van der Waals surface area (Å²) in [5.74, 6) is 2.17. The summed E-state index contributed by atoms with van der Waals surface area (Å²) in [7, 11) is 0. The maximum Gasteiger partial charge on any atom is 0.226 e. The Balaban J connectivity index is 1.85. The highest BCUT2D eigenvalue weighted by Crippen LogP contribution is 2.19. The molecule has 1 aliphatic rings. The average Bonchev–Trinajstić information content (AvgIpc) is 2.88. The Labute approximate surface area is 102 Å². The third-order valence-corrected chi connectivity index (χ3v) is 3.30. The molecule has 1 aromatic rings. The summed E-state index contributed by atoms with van der Waals surface area (Å²) < 4.78 is 5.26. The van der Waals surface area contributed by atoms with Crippen LogP contribution in [0.25, 0.3) is 0 Å². The molecule has 1 fully saturated rings. The molecular weight excluding hydrogens is 216 g/mol. The molecule has 2 N–H and O–H groups in total. The lowest BCUT2D eigenvalue weighted by Gasteiger charge is -2.11. The minimum atomic E-state index is 0.0857. The van der Waals surface area contributed by atoms with Crippen molar-refractivity contribution in [3.63, 3.8) is 0 Å². The van der Waals surface area contributed by atoms with Crippen LogP contribution >= 0.6 is 0 Å². The molecule has 0 radical (unpaired) electrons. The second-order valence-electron chi connectivity index (χ2n) is 5.04. The van der Waals surface area contributed by atoms with Gasteiger partial charge in [-0.1, -0.05) is 12.1 Å². The number of likely N-dealkylation sites (tertiary alicyclic amines) is 1. The summed E-state index contributed by atoms with van der Waals surface area (Å²) in [4.78, 5) is 6.85. The fraction of sp³-hybridized carbons (Fsp3) is 0.833. The highest BCUT2D eigenvalue weighted by molar-refractivity contribution is 4.91. The fourth-order valence-corrected chi connectivity index (χ4v) is 2.36. The van der Waals surface area contributed by atoms with Crippen LogP contribution in [-0.2, 0) is 12.8 Å². The smallest absolute Gasteiger partial charge is 0.226 e. The van der Waals surface area contributed by atoms with Gasteiger partial charge in [0.15, 0.2) is 5.82 Å². The van der Waals surface area contributed by atoms with Crippen LogP contribution in [0.3, 0.4) is 0 Å². The number of nitrogens with two attached hydrogens (primary N) is 1. The maximum absolute atomic E-state index is 5.71. The molecule has 0 aromatic carbocycles. The molecule has 5 nitrogen and oxygen atoms in total. The van der Waals surface area contributed by atoms with E-state index in [-0.39, 0.29) is 6.04 Å². The lowest BCUT2D eigenvalue weighted by molar-refractivity contribution is 0.322. The predicted octanol–water partition coefficient (Wildman–Crippen LogP) is 0.844. The number of aromatic nitrogens is 2. The normalized spacial score (nSPS) is 23.1. The molecule has 0 amide bonds. The zero-order chi connectivity index (χ0) is 12.3. The summed E-state index contributed by atoms with van der Waals surface area (Å²) in [6.45, 7) is 7.64.